The fourth-order valence-electron chi connectivity index (χ4n) is 2.63. The largest absolute Gasteiger partial charge is 0.314 e. The van der Waals surface area contributed by atoms with Crippen LogP contribution < -0.4 is 15.9 Å². The molecular formula is C17H10N2O3S. The van der Waals surface area contributed by atoms with Crippen LogP contribution in [0.1, 0.15) is 0 Å². The maximum Gasteiger partial charge on any atom is 0.314 e. The van der Waals surface area contributed by atoms with Crippen LogP contribution in [0.3, 0.4) is 0 Å². The van der Waals surface area contributed by atoms with E-state index in [-0.39, 0.29) is 20.6 Å². The fraction of sp³-hybridized carbons (Fsp3) is 0. The number of fused-ring (bicyclic) bond motifs is 2. The molecule has 2 aromatic carbocycles. The highest BCUT2D eigenvalue weighted by molar-refractivity contribution is 7.16. The number of hydrogen-bond acceptors (Lipinski definition) is 4. The Balaban J connectivity index is 2.29. The second-order valence-electron chi connectivity index (χ2n) is 5.05. The van der Waals surface area contributed by atoms with Crippen LogP contribution in [0.2, 0.25) is 0 Å². The van der Waals surface area contributed by atoms with Crippen LogP contribution in [0, 0.1) is 0 Å². The van der Waals surface area contributed by atoms with Crippen molar-refractivity contribution in [2.45, 2.75) is 0 Å². The summed E-state index contributed by atoms with van der Waals surface area (Å²) in [5.41, 5.74) is 0.132. The minimum Gasteiger partial charge on any atom is -0.306 e. The first-order chi connectivity index (χ1) is 11.2. The number of aromatic amines is 1. The van der Waals surface area contributed by atoms with Gasteiger partial charge in [-0.25, -0.2) is 0 Å². The summed E-state index contributed by atoms with van der Waals surface area (Å²) in [7, 11) is 0. The molecule has 4 aromatic rings. The summed E-state index contributed by atoms with van der Waals surface area (Å²) in [6.07, 6.45) is 0. The van der Waals surface area contributed by atoms with E-state index in [1.807, 2.05) is 6.07 Å². The monoisotopic (exact) mass is 322 g/mol. The van der Waals surface area contributed by atoms with Crippen molar-refractivity contribution in [3.63, 3.8) is 0 Å². The molecule has 2 heterocycles. The van der Waals surface area contributed by atoms with Gasteiger partial charge in [-0.3, -0.25) is 19.0 Å². The van der Waals surface area contributed by atoms with Crippen molar-refractivity contribution in [2.75, 3.05) is 0 Å². The van der Waals surface area contributed by atoms with E-state index in [9.17, 15) is 14.4 Å². The molecule has 0 unspecified atom stereocenters. The first-order valence-corrected chi connectivity index (χ1v) is 7.75. The van der Waals surface area contributed by atoms with Gasteiger partial charge in [0, 0.05) is 5.39 Å². The molecule has 0 saturated carbocycles. The summed E-state index contributed by atoms with van der Waals surface area (Å²) in [5.74, 6) is 0. The number of rotatable bonds is 1. The van der Waals surface area contributed by atoms with Crippen molar-refractivity contribution in [3.8, 4) is 5.69 Å². The Kier molecular flexibility index (Phi) is 2.99. The first kappa shape index (κ1) is 13.7. The standard InChI is InChI=1S/C17H10N2O3S/c20-13-11-8-4-5-9-12(11)16(21)18-15-14(13)23-17(22)19(15)10-6-2-1-3-7-10/h1-9H,(H,18,21). The van der Waals surface area contributed by atoms with Gasteiger partial charge in [-0.1, -0.05) is 47.7 Å². The van der Waals surface area contributed by atoms with Crippen molar-refractivity contribution in [2.24, 2.45) is 0 Å². The minimum absolute atomic E-state index is 0.234. The highest BCUT2D eigenvalue weighted by atomic mass is 32.1. The maximum atomic E-state index is 12.7. The Morgan fingerprint density at radius 3 is 2.22 bits per heavy atom. The molecule has 0 aliphatic rings. The number of para-hydroxylation sites is 1. The Hall–Kier alpha value is -2.99. The predicted molar refractivity (Wildman–Crippen MR) is 91.8 cm³/mol. The maximum absolute atomic E-state index is 12.7. The van der Waals surface area contributed by atoms with Crippen LogP contribution in [0.15, 0.2) is 69.0 Å². The number of nitrogens with one attached hydrogen (secondary N) is 1. The van der Waals surface area contributed by atoms with Crippen LogP contribution in [0.5, 0.6) is 0 Å². The Morgan fingerprint density at radius 1 is 0.826 bits per heavy atom. The topological polar surface area (TPSA) is 71.9 Å². The summed E-state index contributed by atoms with van der Waals surface area (Å²) >= 11 is 0.842. The molecule has 1 N–H and O–H groups in total. The third-order valence-corrected chi connectivity index (χ3v) is 4.62. The minimum atomic E-state index is -0.393. The number of hydrogen-bond donors (Lipinski definition) is 1. The molecule has 0 aliphatic heterocycles. The van der Waals surface area contributed by atoms with Crippen molar-refractivity contribution in [1.82, 2.24) is 9.55 Å². The Labute approximate surface area is 133 Å². The van der Waals surface area contributed by atoms with Crippen molar-refractivity contribution >= 4 is 32.5 Å². The van der Waals surface area contributed by atoms with Gasteiger partial charge in [-0.15, -0.1) is 0 Å². The van der Waals surface area contributed by atoms with Gasteiger partial charge in [0.2, 0.25) is 5.43 Å². The lowest BCUT2D eigenvalue weighted by Gasteiger charge is -2.00. The van der Waals surface area contributed by atoms with E-state index in [0.29, 0.717) is 16.5 Å². The molecule has 2 aromatic heterocycles. The number of aromatic nitrogens is 2. The van der Waals surface area contributed by atoms with E-state index in [4.69, 9.17) is 0 Å². The zero-order chi connectivity index (χ0) is 16.0. The smallest absolute Gasteiger partial charge is 0.306 e. The average Bonchev–Trinajstić information content (AvgIpc) is 2.86. The van der Waals surface area contributed by atoms with Crippen LogP contribution in [-0.2, 0) is 0 Å². The van der Waals surface area contributed by atoms with E-state index in [2.05, 4.69) is 4.98 Å². The second-order valence-corrected chi connectivity index (χ2v) is 6.01. The van der Waals surface area contributed by atoms with Gasteiger partial charge in [0.05, 0.1) is 11.1 Å². The number of benzene rings is 2. The number of nitrogens with zero attached hydrogens (tertiary/aromatic N) is 1. The van der Waals surface area contributed by atoms with Crippen molar-refractivity contribution < 1.29 is 0 Å². The van der Waals surface area contributed by atoms with Crippen LogP contribution in [0.4, 0.5) is 0 Å². The van der Waals surface area contributed by atoms with Gasteiger partial charge in [0.15, 0.2) is 0 Å². The summed E-state index contributed by atoms with van der Waals surface area (Å²) < 4.78 is 1.61. The summed E-state index contributed by atoms with van der Waals surface area (Å²) in [6, 6.07) is 15.5. The van der Waals surface area contributed by atoms with E-state index >= 15 is 0 Å². The number of H-pyrrole nitrogens is 1. The van der Waals surface area contributed by atoms with Gasteiger partial charge in [0.25, 0.3) is 5.56 Å². The van der Waals surface area contributed by atoms with Crippen molar-refractivity contribution in [1.29, 1.82) is 0 Å². The van der Waals surface area contributed by atoms with Gasteiger partial charge in [0.1, 0.15) is 10.3 Å². The van der Waals surface area contributed by atoms with E-state index in [1.54, 1.807) is 48.5 Å². The average molecular weight is 322 g/mol. The molecule has 6 heteroatoms. The second kappa shape index (κ2) is 5.03. The van der Waals surface area contributed by atoms with E-state index < -0.39 is 5.56 Å². The third kappa shape index (κ3) is 2.03. The van der Waals surface area contributed by atoms with E-state index in [0.717, 1.165) is 11.3 Å². The molecule has 0 spiro atoms. The summed E-state index contributed by atoms with van der Waals surface area (Å²) in [4.78, 5) is 39.9. The first-order valence-electron chi connectivity index (χ1n) is 6.93. The molecular weight excluding hydrogens is 312 g/mol. The number of thiazole rings is 1. The van der Waals surface area contributed by atoms with Gasteiger partial charge < -0.3 is 4.98 Å². The summed E-state index contributed by atoms with van der Waals surface area (Å²) in [6.45, 7) is 0. The Morgan fingerprint density at radius 2 is 1.48 bits per heavy atom. The molecule has 0 atom stereocenters. The fourth-order valence-corrected chi connectivity index (χ4v) is 3.53. The molecule has 0 bridgehead atoms. The Bertz CT molecular complexity index is 1220. The normalized spacial score (nSPS) is 11.1. The van der Waals surface area contributed by atoms with Gasteiger partial charge in [-0.2, -0.15) is 0 Å². The molecule has 4 rings (SSSR count). The highest BCUT2D eigenvalue weighted by Gasteiger charge is 2.14. The zero-order valence-electron chi connectivity index (χ0n) is 11.8. The lowest BCUT2D eigenvalue weighted by Crippen LogP contribution is -2.12. The molecule has 0 radical (unpaired) electrons. The van der Waals surface area contributed by atoms with Crippen molar-refractivity contribution in [3.05, 3.63) is 84.8 Å². The lowest BCUT2D eigenvalue weighted by atomic mass is 10.2. The molecule has 0 amide bonds. The molecule has 0 fully saturated rings. The van der Waals surface area contributed by atoms with Gasteiger partial charge in [-0.05, 0) is 18.2 Å². The molecule has 0 aliphatic carbocycles. The summed E-state index contributed by atoms with van der Waals surface area (Å²) in [5, 5.41) is 0.623. The molecule has 0 saturated heterocycles. The lowest BCUT2D eigenvalue weighted by molar-refractivity contribution is 1.05. The molecule has 112 valence electrons. The van der Waals surface area contributed by atoms with E-state index in [1.165, 1.54) is 4.57 Å². The molecule has 23 heavy (non-hydrogen) atoms. The van der Waals surface area contributed by atoms with Crippen LogP contribution in [0.25, 0.3) is 26.8 Å². The van der Waals surface area contributed by atoms with Crippen LogP contribution in [-0.4, -0.2) is 9.55 Å². The highest BCUT2D eigenvalue weighted by Crippen LogP contribution is 2.16. The van der Waals surface area contributed by atoms with Crippen LogP contribution >= 0.6 is 11.3 Å². The third-order valence-electron chi connectivity index (χ3n) is 3.68. The van der Waals surface area contributed by atoms with Gasteiger partial charge >= 0.3 is 4.87 Å². The zero-order valence-corrected chi connectivity index (χ0v) is 12.6. The molecule has 5 nitrogen and oxygen atoms in total. The SMILES string of the molecule is O=c1[nH]c2c(sc(=O)n2-c2ccccc2)c(=O)c2ccccc12. The predicted octanol–water partition coefficient (Wildman–Crippen LogP) is 2.25. The quantitative estimate of drug-likeness (QED) is 0.584.